The van der Waals surface area contributed by atoms with Crippen LogP contribution in [0.3, 0.4) is 0 Å². The van der Waals surface area contributed by atoms with Crippen molar-refractivity contribution in [3.05, 3.63) is 65.2 Å². The van der Waals surface area contributed by atoms with E-state index in [-0.39, 0.29) is 11.2 Å². The first-order chi connectivity index (χ1) is 12.9. The lowest BCUT2D eigenvalue weighted by atomic mass is 10.1. The van der Waals surface area contributed by atoms with Gasteiger partial charge in [0.15, 0.2) is 4.34 Å². The molecule has 0 saturated heterocycles. The third-order valence-corrected chi connectivity index (χ3v) is 6.18. The van der Waals surface area contributed by atoms with Crippen LogP contribution in [-0.2, 0) is 4.79 Å². The zero-order valence-corrected chi connectivity index (χ0v) is 17.4. The van der Waals surface area contributed by atoms with Gasteiger partial charge in [-0.1, -0.05) is 71.1 Å². The molecular weight excluding hydrogens is 376 g/mol. The predicted molar refractivity (Wildman–Crippen MR) is 113 cm³/mol. The molecule has 1 amide bonds. The number of anilines is 2. The minimum absolute atomic E-state index is 0.0327. The van der Waals surface area contributed by atoms with E-state index in [9.17, 15) is 4.79 Å². The van der Waals surface area contributed by atoms with Crippen molar-refractivity contribution in [2.24, 2.45) is 0 Å². The minimum Gasteiger partial charge on any atom is -0.348 e. The number of carbonyl (C=O) groups excluding carboxylic acids is 1. The van der Waals surface area contributed by atoms with Gasteiger partial charge in [-0.05, 0) is 31.0 Å². The normalized spacial score (nSPS) is 11.9. The van der Waals surface area contributed by atoms with Crippen molar-refractivity contribution < 1.29 is 4.79 Å². The fourth-order valence-electron chi connectivity index (χ4n) is 2.60. The van der Waals surface area contributed by atoms with Gasteiger partial charge in [-0.2, -0.15) is 0 Å². The maximum absolute atomic E-state index is 12.7. The first-order valence-corrected chi connectivity index (χ1v) is 10.2. The molecule has 3 rings (SSSR count). The second-order valence-electron chi connectivity index (χ2n) is 6.46. The van der Waals surface area contributed by atoms with Crippen LogP contribution in [0.5, 0.6) is 0 Å². The van der Waals surface area contributed by atoms with E-state index in [1.54, 1.807) is 19.0 Å². The number of nitrogens with one attached hydrogen (secondary N) is 1. The number of likely N-dealkylation sites (N-methyl/N-ethyl adjacent to an activating group) is 1. The Labute approximate surface area is 167 Å². The molecule has 1 heterocycles. The summed E-state index contributed by atoms with van der Waals surface area (Å²) in [7, 11) is 3.54. The summed E-state index contributed by atoms with van der Waals surface area (Å²) in [6, 6.07) is 16.0. The van der Waals surface area contributed by atoms with Gasteiger partial charge in [-0.15, -0.1) is 10.2 Å². The maximum Gasteiger partial charge on any atom is 0.240 e. The van der Waals surface area contributed by atoms with Crippen LogP contribution in [0, 0.1) is 13.8 Å². The highest BCUT2D eigenvalue weighted by Crippen LogP contribution is 2.39. The van der Waals surface area contributed by atoms with E-state index in [1.165, 1.54) is 28.7 Å². The third kappa shape index (κ3) is 4.87. The number of thioether (sulfide) groups is 1. The first-order valence-electron chi connectivity index (χ1n) is 8.54. The molecule has 0 bridgehead atoms. The molecule has 140 valence electrons. The summed E-state index contributed by atoms with van der Waals surface area (Å²) in [5, 5.41) is 12.2. The van der Waals surface area contributed by atoms with Gasteiger partial charge >= 0.3 is 0 Å². The molecule has 2 aromatic carbocycles. The SMILES string of the molecule is Cc1ccc(Nc2nnc(S[C@H](C(=O)N(C)C)c3ccccc3)s2)c(C)c1. The number of aryl methyl sites for hydroxylation is 2. The smallest absolute Gasteiger partial charge is 0.240 e. The molecule has 7 heteroatoms. The predicted octanol–water partition coefficient (Wildman–Crippen LogP) is 4.82. The van der Waals surface area contributed by atoms with Gasteiger partial charge < -0.3 is 10.2 Å². The highest BCUT2D eigenvalue weighted by molar-refractivity contribution is 8.01. The van der Waals surface area contributed by atoms with Crippen molar-refractivity contribution in [1.29, 1.82) is 0 Å². The monoisotopic (exact) mass is 398 g/mol. The summed E-state index contributed by atoms with van der Waals surface area (Å²) < 4.78 is 0.756. The Hall–Kier alpha value is -2.38. The largest absolute Gasteiger partial charge is 0.348 e. The Morgan fingerprint density at radius 3 is 2.52 bits per heavy atom. The number of amides is 1. The summed E-state index contributed by atoms with van der Waals surface area (Å²) in [6.45, 7) is 4.13. The van der Waals surface area contributed by atoms with E-state index < -0.39 is 0 Å². The lowest BCUT2D eigenvalue weighted by Gasteiger charge is -2.19. The van der Waals surface area contributed by atoms with Gasteiger partial charge in [-0.25, -0.2) is 0 Å². The minimum atomic E-state index is -0.344. The molecule has 0 aliphatic heterocycles. The van der Waals surface area contributed by atoms with E-state index in [1.807, 2.05) is 36.4 Å². The molecule has 1 N–H and O–H groups in total. The molecule has 0 aliphatic rings. The molecule has 5 nitrogen and oxygen atoms in total. The van der Waals surface area contributed by atoms with E-state index >= 15 is 0 Å². The summed E-state index contributed by atoms with van der Waals surface area (Å²) >= 11 is 2.88. The molecule has 3 aromatic rings. The Morgan fingerprint density at radius 2 is 1.85 bits per heavy atom. The van der Waals surface area contributed by atoms with E-state index in [2.05, 4.69) is 41.5 Å². The lowest BCUT2D eigenvalue weighted by Crippen LogP contribution is -2.26. The fourth-order valence-corrected chi connectivity index (χ4v) is 4.70. The average Bonchev–Trinajstić information content (AvgIpc) is 3.09. The van der Waals surface area contributed by atoms with Gasteiger partial charge in [0.25, 0.3) is 0 Å². The second-order valence-corrected chi connectivity index (χ2v) is 8.79. The highest BCUT2D eigenvalue weighted by Gasteiger charge is 2.25. The average molecular weight is 399 g/mol. The molecule has 27 heavy (non-hydrogen) atoms. The molecule has 0 unspecified atom stereocenters. The Balaban J connectivity index is 1.79. The van der Waals surface area contributed by atoms with Gasteiger partial charge in [0.2, 0.25) is 11.0 Å². The zero-order valence-electron chi connectivity index (χ0n) is 15.8. The Kier molecular flexibility index (Phi) is 6.13. The van der Waals surface area contributed by atoms with Crippen molar-refractivity contribution in [2.45, 2.75) is 23.4 Å². The van der Waals surface area contributed by atoms with Crippen molar-refractivity contribution in [3.63, 3.8) is 0 Å². The zero-order chi connectivity index (χ0) is 19.4. The number of benzene rings is 2. The van der Waals surface area contributed by atoms with E-state index in [0.717, 1.165) is 21.2 Å². The number of aromatic nitrogens is 2. The van der Waals surface area contributed by atoms with E-state index in [4.69, 9.17) is 0 Å². The van der Waals surface area contributed by atoms with Crippen molar-refractivity contribution in [1.82, 2.24) is 15.1 Å². The topological polar surface area (TPSA) is 58.1 Å². The van der Waals surface area contributed by atoms with Gasteiger partial charge in [-0.3, -0.25) is 4.79 Å². The van der Waals surface area contributed by atoms with Gasteiger partial charge in [0.05, 0.1) is 0 Å². The summed E-state index contributed by atoms with van der Waals surface area (Å²) in [5.41, 5.74) is 4.35. The molecule has 1 atom stereocenters. The van der Waals surface area contributed by atoms with Crippen molar-refractivity contribution >= 4 is 39.8 Å². The van der Waals surface area contributed by atoms with Crippen LogP contribution in [0.4, 0.5) is 10.8 Å². The molecule has 0 spiro atoms. The number of carbonyl (C=O) groups is 1. The fraction of sp³-hybridized carbons (Fsp3) is 0.250. The van der Waals surface area contributed by atoms with Crippen LogP contribution in [0.15, 0.2) is 52.9 Å². The molecule has 1 aromatic heterocycles. The quantitative estimate of drug-likeness (QED) is 0.603. The van der Waals surface area contributed by atoms with Crippen LogP contribution >= 0.6 is 23.1 Å². The molecular formula is C20H22N4OS2. The highest BCUT2D eigenvalue weighted by atomic mass is 32.2. The lowest BCUT2D eigenvalue weighted by molar-refractivity contribution is -0.128. The third-order valence-electron chi connectivity index (χ3n) is 4.02. The second kappa shape index (κ2) is 8.54. The van der Waals surface area contributed by atoms with Crippen LogP contribution < -0.4 is 5.32 Å². The summed E-state index contributed by atoms with van der Waals surface area (Å²) in [6.07, 6.45) is 0. The van der Waals surface area contributed by atoms with E-state index in [0.29, 0.717) is 5.13 Å². The van der Waals surface area contributed by atoms with Crippen molar-refractivity contribution in [3.8, 4) is 0 Å². The van der Waals surface area contributed by atoms with Crippen molar-refractivity contribution in [2.75, 3.05) is 19.4 Å². The Bertz CT molecular complexity index is 925. The van der Waals surface area contributed by atoms with Gasteiger partial charge in [0, 0.05) is 19.8 Å². The molecule has 0 fully saturated rings. The summed E-state index contributed by atoms with van der Waals surface area (Å²) in [5.74, 6) is 0.0327. The molecule has 0 radical (unpaired) electrons. The standard InChI is InChI=1S/C20H22N4OS2/c1-13-10-11-16(14(2)12-13)21-19-22-23-20(27-19)26-17(18(25)24(3)4)15-8-6-5-7-9-15/h5-12,17H,1-4H3,(H,21,22)/t17-/m0/s1. The Morgan fingerprint density at radius 1 is 1.11 bits per heavy atom. The van der Waals surface area contributed by atoms with Crippen LogP contribution in [-0.4, -0.2) is 35.1 Å². The van der Waals surface area contributed by atoms with Gasteiger partial charge in [0.1, 0.15) is 5.25 Å². The number of hydrogen-bond donors (Lipinski definition) is 1. The van der Waals surface area contributed by atoms with Crippen LogP contribution in [0.2, 0.25) is 0 Å². The first kappa shape index (κ1) is 19.4. The number of nitrogens with zero attached hydrogens (tertiary/aromatic N) is 3. The summed E-state index contributed by atoms with van der Waals surface area (Å²) in [4.78, 5) is 14.3. The number of rotatable bonds is 6. The number of hydrogen-bond acceptors (Lipinski definition) is 6. The van der Waals surface area contributed by atoms with Crippen LogP contribution in [0.1, 0.15) is 21.9 Å². The maximum atomic E-state index is 12.7. The molecule has 0 aliphatic carbocycles. The molecule has 0 saturated carbocycles. The van der Waals surface area contributed by atoms with Crippen LogP contribution in [0.25, 0.3) is 0 Å².